The first-order valence-electron chi connectivity index (χ1n) is 5.68. The van der Waals surface area contributed by atoms with Crippen LogP contribution < -0.4 is 10.6 Å². The van der Waals surface area contributed by atoms with E-state index in [4.69, 9.17) is 0 Å². The highest BCUT2D eigenvalue weighted by atomic mass is 16.2. The van der Waals surface area contributed by atoms with E-state index in [2.05, 4.69) is 15.7 Å². The molecular weight excluding hydrogens is 220 g/mol. The van der Waals surface area contributed by atoms with Gasteiger partial charge in [-0.2, -0.15) is 5.10 Å². The molecule has 6 nitrogen and oxygen atoms in total. The monoisotopic (exact) mass is 236 g/mol. The first kappa shape index (κ1) is 11.6. The van der Waals surface area contributed by atoms with Gasteiger partial charge in [0.25, 0.3) is 0 Å². The van der Waals surface area contributed by atoms with Crippen molar-refractivity contribution in [2.45, 2.75) is 19.4 Å². The second-order valence-corrected chi connectivity index (χ2v) is 4.20. The number of amides is 2. The Labute approximate surface area is 99.4 Å². The lowest BCUT2D eigenvalue weighted by Crippen LogP contribution is -2.42. The minimum absolute atomic E-state index is 0.00815. The van der Waals surface area contributed by atoms with Crippen molar-refractivity contribution in [3.63, 3.8) is 0 Å². The molecule has 92 valence electrons. The molecule has 1 unspecified atom stereocenters. The van der Waals surface area contributed by atoms with Gasteiger partial charge in [0.05, 0.1) is 18.2 Å². The van der Waals surface area contributed by atoms with Crippen molar-refractivity contribution >= 4 is 11.8 Å². The molecule has 0 aliphatic carbocycles. The van der Waals surface area contributed by atoms with Crippen LogP contribution in [0, 0.1) is 5.92 Å². The van der Waals surface area contributed by atoms with Gasteiger partial charge in [0, 0.05) is 26.2 Å². The summed E-state index contributed by atoms with van der Waals surface area (Å²) in [6, 6.07) is 1.86. The summed E-state index contributed by atoms with van der Waals surface area (Å²) in [7, 11) is 1.84. The van der Waals surface area contributed by atoms with Gasteiger partial charge in [0.15, 0.2) is 0 Å². The zero-order valence-corrected chi connectivity index (χ0v) is 9.77. The molecule has 0 aromatic carbocycles. The number of aryl methyl sites for hydroxylation is 1. The van der Waals surface area contributed by atoms with Gasteiger partial charge in [0.1, 0.15) is 0 Å². The Kier molecular flexibility index (Phi) is 3.41. The molecule has 1 fully saturated rings. The number of carbonyl (C=O) groups excluding carboxylic acids is 2. The van der Waals surface area contributed by atoms with E-state index in [1.54, 1.807) is 10.9 Å². The predicted molar refractivity (Wildman–Crippen MR) is 60.8 cm³/mol. The molecule has 0 saturated carbocycles. The Hall–Kier alpha value is -1.85. The summed E-state index contributed by atoms with van der Waals surface area (Å²) in [5, 5.41) is 9.58. The van der Waals surface area contributed by atoms with E-state index in [-0.39, 0.29) is 17.7 Å². The molecule has 0 spiro atoms. The Balaban J connectivity index is 1.81. The van der Waals surface area contributed by atoms with Crippen LogP contribution in [0.2, 0.25) is 0 Å². The molecule has 1 atom stereocenters. The Morgan fingerprint density at radius 3 is 3.12 bits per heavy atom. The van der Waals surface area contributed by atoms with Gasteiger partial charge in [0.2, 0.25) is 11.8 Å². The lowest BCUT2D eigenvalue weighted by molar-refractivity contribution is -0.129. The van der Waals surface area contributed by atoms with Gasteiger partial charge >= 0.3 is 0 Å². The number of piperidine rings is 1. The van der Waals surface area contributed by atoms with Crippen LogP contribution in [0.3, 0.4) is 0 Å². The topological polar surface area (TPSA) is 76.0 Å². The maximum absolute atomic E-state index is 11.8. The van der Waals surface area contributed by atoms with Crippen molar-refractivity contribution in [1.82, 2.24) is 20.4 Å². The van der Waals surface area contributed by atoms with Gasteiger partial charge in [-0.1, -0.05) is 0 Å². The predicted octanol–water partition coefficient (Wildman–Crippen LogP) is -0.437. The molecule has 0 radical (unpaired) electrons. The molecule has 2 N–H and O–H groups in total. The van der Waals surface area contributed by atoms with Crippen LogP contribution >= 0.6 is 0 Å². The van der Waals surface area contributed by atoms with Crippen LogP contribution in [0.25, 0.3) is 0 Å². The number of nitrogens with one attached hydrogen (secondary N) is 2. The molecule has 1 aromatic heterocycles. The number of hydrogen-bond acceptors (Lipinski definition) is 3. The number of carbonyl (C=O) groups is 2. The van der Waals surface area contributed by atoms with Gasteiger partial charge in [-0.15, -0.1) is 0 Å². The van der Waals surface area contributed by atoms with Crippen LogP contribution in [-0.4, -0.2) is 28.1 Å². The first-order valence-corrected chi connectivity index (χ1v) is 5.68. The van der Waals surface area contributed by atoms with Gasteiger partial charge in [-0.05, 0) is 12.5 Å². The molecule has 1 saturated heterocycles. The molecule has 1 aliphatic heterocycles. The van der Waals surface area contributed by atoms with Crippen LogP contribution in [0.1, 0.15) is 18.5 Å². The summed E-state index contributed by atoms with van der Waals surface area (Å²) in [6.45, 7) is 0.913. The molecule has 2 heterocycles. The van der Waals surface area contributed by atoms with Gasteiger partial charge in [-0.25, -0.2) is 0 Å². The lowest BCUT2D eigenvalue weighted by atomic mass is 9.98. The molecule has 2 rings (SSSR count). The van der Waals surface area contributed by atoms with Crippen molar-refractivity contribution in [2.75, 3.05) is 6.54 Å². The van der Waals surface area contributed by atoms with E-state index in [9.17, 15) is 9.59 Å². The molecule has 1 aliphatic rings. The molecule has 17 heavy (non-hydrogen) atoms. The SMILES string of the molecule is Cn1nccc1CNC(=O)C1CCC(=O)NC1. The zero-order valence-electron chi connectivity index (χ0n) is 9.77. The van der Waals surface area contributed by atoms with Crippen LogP contribution in [0.4, 0.5) is 0 Å². The van der Waals surface area contributed by atoms with E-state index in [1.165, 1.54) is 0 Å². The standard InChI is InChI=1S/C11H16N4O2/c1-15-9(4-5-14-15)7-13-11(17)8-2-3-10(16)12-6-8/h4-5,8H,2-3,6-7H2,1H3,(H,12,16)(H,13,17). The maximum Gasteiger partial charge on any atom is 0.225 e. The van der Waals surface area contributed by atoms with Crippen LogP contribution in [-0.2, 0) is 23.2 Å². The number of nitrogens with zero attached hydrogens (tertiary/aromatic N) is 2. The van der Waals surface area contributed by atoms with E-state index in [0.29, 0.717) is 25.9 Å². The summed E-state index contributed by atoms with van der Waals surface area (Å²) >= 11 is 0. The summed E-state index contributed by atoms with van der Waals surface area (Å²) in [5.74, 6) is -0.0900. The van der Waals surface area contributed by atoms with Crippen molar-refractivity contribution < 1.29 is 9.59 Å². The largest absolute Gasteiger partial charge is 0.355 e. The lowest BCUT2D eigenvalue weighted by Gasteiger charge is -2.21. The molecular formula is C11H16N4O2. The van der Waals surface area contributed by atoms with Crippen molar-refractivity contribution in [1.29, 1.82) is 0 Å². The number of aromatic nitrogens is 2. The molecule has 1 aromatic rings. The third-order valence-corrected chi connectivity index (χ3v) is 3.00. The highest BCUT2D eigenvalue weighted by molar-refractivity contribution is 5.83. The summed E-state index contributed by atoms with van der Waals surface area (Å²) in [5.41, 5.74) is 0.957. The fourth-order valence-corrected chi connectivity index (χ4v) is 1.85. The average molecular weight is 236 g/mol. The number of hydrogen-bond donors (Lipinski definition) is 2. The highest BCUT2D eigenvalue weighted by Gasteiger charge is 2.24. The summed E-state index contributed by atoms with van der Waals surface area (Å²) < 4.78 is 1.73. The van der Waals surface area contributed by atoms with Crippen LogP contribution in [0.15, 0.2) is 12.3 Å². The fraction of sp³-hybridized carbons (Fsp3) is 0.545. The summed E-state index contributed by atoms with van der Waals surface area (Å²) in [6.07, 6.45) is 2.76. The minimum atomic E-state index is -0.110. The third-order valence-electron chi connectivity index (χ3n) is 3.00. The Morgan fingerprint density at radius 1 is 1.71 bits per heavy atom. The Morgan fingerprint density at radius 2 is 2.53 bits per heavy atom. The minimum Gasteiger partial charge on any atom is -0.355 e. The maximum atomic E-state index is 11.8. The van der Waals surface area contributed by atoms with E-state index >= 15 is 0 Å². The number of rotatable bonds is 3. The summed E-state index contributed by atoms with van der Waals surface area (Å²) in [4.78, 5) is 22.8. The van der Waals surface area contributed by atoms with Crippen molar-refractivity contribution in [3.8, 4) is 0 Å². The van der Waals surface area contributed by atoms with Crippen molar-refractivity contribution in [3.05, 3.63) is 18.0 Å². The first-order chi connectivity index (χ1) is 8.16. The third kappa shape index (κ3) is 2.83. The van der Waals surface area contributed by atoms with Gasteiger partial charge in [-0.3, -0.25) is 14.3 Å². The molecule has 6 heteroatoms. The van der Waals surface area contributed by atoms with Crippen molar-refractivity contribution in [2.24, 2.45) is 13.0 Å². The zero-order chi connectivity index (χ0) is 12.3. The average Bonchev–Trinajstić information content (AvgIpc) is 2.73. The highest BCUT2D eigenvalue weighted by Crippen LogP contribution is 2.10. The second-order valence-electron chi connectivity index (χ2n) is 4.20. The normalized spacial score (nSPS) is 19.8. The van der Waals surface area contributed by atoms with Gasteiger partial charge < -0.3 is 10.6 Å². The molecule has 0 bridgehead atoms. The van der Waals surface area contributed by atoms with Crippen LogP contribution in [0.5, 0.6) is 0 Å². The molecule has 2 amide bonds. The van der Waals surface area contributed by atoms with E-state index in [0.717, 1.165) is 5.69 Å². The Bertz CT molecular complexity index is 417. The quantitative estimate of drug-likeness (QED) is 0.747. The fourth-order valence-electron chi connectivity index (χ4n) is 1.85. The second kappa shape index (κ2) is 4.99. The van der Waals surface area contributed by atoms with E-state index in [1.807, 2.05) is 13.1 Å². The van der Waals surface area contributed by atoms with E-state index < -0.39 is 0 Å². The smallest absolute Gasteiger partial charge is 0.225 e.